The lowest BCUT2D eigenvalue weighted by molar-refractivity contribution is -0.116. The number of nitrogens with zero attached hydrogens (tertiary/aromatic N) is 2. The number of nitrogens with one attached hydrogen (secondary N) is 1. The van der Waals surface area contributed by atoms with Crippen LogP contribution in [0.4, 0.5) is 10.1 Å². The molecule has 0 radical (unpaired) electrons. The third kappa shape index (κ3) is 5.32. The molecular weight excluding hydrogens is 445 g/mol. The van der Waals surface area contributed by atoms with E-state index in [-0.39, 0.29) is 18.0 Å². The molecule has 0 bridgehead atoms. The second-order valence-electron chi connectivity index (χ2n) is 6.11. The van der Waals surface area contributed by atoms with Crippen LogP contribution in [0.25, 0.3) is 11.4 Å². The Morgan fingerprint density at radius 3 is 2.69 bits per heavy atom. The molecule has 1 aromatic heterocycles. The molecule has 0 aliphatic rings. The van der Waals surface area contributed by atoms with E-state index in [9.17, 15) is 9.18 Å². The van der Waals surface area contributed by atoms with E-state index in [1.807, 2.05) is 0 Å². The monoisotopic (exact) mass is 463 g/mol. The topological polar surface area (TPSA) is 86.5 Å². The van der Waals surface area contributed by atoms with Crippen molar-refractivity contribution >= 4 is 27.5 Å². The molecule has 0 saturated carbocycles. The van der Waals surface area contributed by atoms with Crippen molar-refractivity contribution in [2.75, 3.05) is 19.5 Å². The van der Waals surface area contributed by atoms with Gasteiger partial charge in [0.1, 0.15) is 5.82 Å². The minimum absolute atomic E-state index is 0.145. The zero-order chi connectivity index (χ0) is 20.8. The number of hydrogen-bond donors (Lipinski definition) is 1. The Balaban J connectivity index is 1.55. The van der Waals surface area contributed by atoms with Crippen LogP contribution in [0.5, 0.6) is 11.5 Å². The molecule has 1 N–H and O–H groups in total. The van der Waals surface area contributed by atoms with Gasteiger partial charge in [-0.15, -0.1) is 0 Å². The number of anilines is 1. The van der Waals surface area contributed by atoms with Crippen LogP contribution in [0.2, 0.25) is 0 Å². The SMILES string of the molecule is COc1ccc(-c2noc(CCCC(=O)Nc3ccc(Br)cc3F)n2)cc1OC. The largest absolute Gasteiger partial charge is 0.493 e. The van der Waals surface area contributed by atoms with Gasteiger partial charge in [0.25, 0.3) is 0 Å². The Kier molecular flexibility index (Phi) is 6.82. The average Bonchev–Trinajstić information content (AvgIpc) is 3.18. The molecule has 0 atom stereocenters. The van der Waals surface area contributed by atoms with Gasteiger partial charge in [-0.25, -0.2) is 4.39 Å². The standard InChI is InChI=1S/C20H19BrFN3O4/c1-27-16-9-6-12(10-17(16)28-2)20-24-19(29-25-20)5-3-4-18(26)23-15-8-7-13(21)11-14(15)22/h6-11H,3-5H2,1-2H3,(H,23,26). The lowest BCUT2D eigenvalue weighted by atomic mass is 10.2. The van der Waals surface area contributed by atoms with Crippen molar-refractivity contribution in [1.82, 2.24) is 10.1 Å². The third-order valence-corrected chi connectivity index (χ3v) is 4.60. The van der Waals surface area contributed by atoms with Crippen molar-refractivity contribution < 1.29 is 23.2 Å². The van der Waals surface area contributed by atoms with Crippen LogP contribution in [-0.2, 0) is 11.2 Å². The van der Waals surface area contributed by atoms with E-state index in [0.717, 1.165) is 5.56 Å². The molecule has 1 amide bonds. The molecule has 29 heavy (non-hydrogen) atoms. The first-order valence-corrected chi connectivity index (χ1v) is 9.59. The minimum Gasteiger partial charge on any atom is -0.493 e. The lowest BCUT2D eigenvalue weighted by Gasteiger charge is -2.07. The fraction of sp³-hybridized carbons (Fsp3) is 0.250. The Bertz CT molecular complexity index is 1010. The Hall–Kier alpha value is -2.94. The molecule has 2 aromatic carbocycles. The summed E-state index contributed by atoms with van der Waals surface area (Å²) in [7, 11) is 3.11. The second kappa shape index (κ2) is 9.51. The third-order valence-electron chi connectivity index (χ3n) is 4.11. The molecule has 0 fully saturated rings. The summed E-state index contributed by atoms with van der Waals surface area (Å²) >= 11 is 3.18. The van der Waals surface area contributed by atoms with E-state index in [2.05, 4.69) is 31.4 Å². The van der Waals surface area contributed by atoms with Gasteiger partial charge < -0.3 is 19.3 Å². The summed E-state index contributed by atoms with van der Waals surface area (Å²) in [5.74, 6) is 1.22. The number of carbonyl (C=O) groups excluding carboxylic acids is 1. The highest BCUT2D eigenvalue weighted by Crippen LogP contribution is 2.31. The first-order chi connectivity index (χ1) is 14.0. The second-order valence-corrected chi connectivity index (χ2v) is 7.02. The van der Waals surface area contributed by atoms with Gasteiger partial charge >= 0.3 is 0 Å². The zero-order valence-corrected chi connectivity index (χ0v) is 17.5. The van der Waals surface area contributed by atoms with Gasteiger partial charge in [-0.2, -0.15) is 4.98 Å². The Morgan fingerprint density at radius 2 is 1.97 bits per heavy atom. The van der Waals surface area contributed by atoms with Crippen LogP contribution in [0.3, 0.4) is 0 Å². The van der Waals surface area contributed by atoms with Crippen molar-refractivity contribution in [3.05, 3.63) is 52.6 Å². The first kappa shape index (κ1) is 20.8. The smallest absolute Gasteiger partial charge is 0.226 e. The maximum atomic E-state index is 13.8. The summed E-state index contributed by atoms with van der Waals surface area (Å²) in [4.78, 5) is 16.4. The number of rotatable bonds is 8. The summed E-state index contributed by atoms with van der Waals surface area (Å²) in [6.07, 6.45) is 1.11. The van der Waals surface area contributed by atoms with Crippen LogP contribution < -0.4 is 14.8 Å². The molecule has 9 heteroatoms. The van der Waals surface area contributed by atoms with Crippen LogP contribution in [0, 0.1) is 5.82 Å². The van der Waals surface area contributed by atoms with E-state index in [1.54, 1.807) is 38.5 Å². The fourth-order valence-electron chi connectivity index (χ4n) is 2.65. The van der Waals surface area contributed by atoms with E-state index < -0.39 is 5.82 Å². The highest BCUT2D eigenvalue weighted by atomic mass is 79.9. The number of amides is 1. The molecule has 0 aliphatic heterocycles. The van der Waals surface area contributed by atoms with Gasteiger partial charge in [0.2, 0.25) is 17.6 Å². The summed E-state index contributed by atoms with van der Waals surface area (Å²) < 4.78 is 30.1. The molecule has 152 valence electrons. The number of aromatic nitrogens is 2. The van der Waals surface area contributed by atoms with E-state index >= 15 is 0 Å². The van der Waals surface area contributed by atoms with E-state index in [4.69, 9.17) is 14.0 Å². The van der Waals surface area contributed by atoms with Crippen molar-refractivity contribution in [3.8, 4) is 22.9 Å². The predicted octanol–water partition coefficient (Wildman–Crippen LogP) is 4.62. The number of ether oxygens (including phenoxy) is 2. The average molecular weight is 464 g/mol. The van der Waals surface area contributed by atoms with E-state index in [0.29, 0.717) is 40.5 Å². The van der Waals surface area contributed by atoms with Gasteiger partial charge in [-0.1, -0.05) is 21.1 Å². The number of methoxy groups -OCH3 is 2. The molecule has 3 rings (SSSR count). The number of halogens is 2. The Labute approximate surface area is 175 Å². The first-order valence-electron chi connectivity index (χ1n) is 8.80. The molecule has 7 nitrogen and oxygen atoms in total. The van der Waals surface area contributed by atoms with Crippen LogP contribution in [0.15, 0.2) is 45.4 Å². The molecular formula is C20H19BrFN3O4. The van der Waals surface area contributed by atoms with Gasteiger partial charge in [-0.3, -0.25) is 4.79 Å². The summed E-state index contributed by atoms with van der Waals surface area (Å²) in [6, 6.07) is 9.78. The lowest BCUT2D eigenvalue weighted by Crippen LogP contribution is -2.12. The van der Waals surface area contributed by atoms with Crippen LogP contribution in [-0.4, -0.2) is 30.3 Å². The van der Waals surface area contributed by atoms with Crippen molar-refractivity contribution in [2.24, 2.45) is 0 Å². The molecule has 0 aliphatic carbocycles. The van der Waals surface area contributed by atoms with Crippen LogP contribution >= 0.6 is 15.9 Å². The highest BCUT2D eigenvalue weighted by molar-refractivity contribution is 9.10. The molecule has 1 heterocycles. The molecule has 0 saturated heterocycles. The summed E-state index contributed by atoms with van der Waals surface area (Å²) in [5.41, 5.74) is 0.868. The highest BCUT2D eigenvalue weighted by Gasteiger charge is 2.13. The van der Waals surface area contributed by atoms with E-state index in [1.165, 1.54) is 12.1 Å². The number of aryl methyl sites for hydroxylation is 1. The van der Waals surface area contributed by atoms with Gasteiger partial charge in [0.15, 0.2) is 11.5 Å². The summed E-state index contributed by atoms with van der Waals surface area (Å²) in [5, 5.41) is 6.52. The molecule has 3 aromatic rings. The predicted molar refractivity (Wildman–Crippen MR) is 109 cm³/mol. The van der Waals surface area contributed by atoms with Crippen molar-refractivity contribution in [3.63, 3.8) is 0 Å². The van der Waals surface area contributed by atoms with Gasteiger partial charge in [0.05, 0.1) is 19.9 Å². The zero-order valence-electron chi connectivity index (χ0n) is 15.9. The number of benzene rings is 2. The molecule has 0 unspecified atom stereocenters. The molecule has 0 spiro atoms. The minimum atomic E-state index is -0.496. The van der Waals surface area contributed by atoms with Crippen LogP contribution in [0.1, 0.15) is 18.7 Å². The maximum Gasteiger partial charge on any atom is 0.226 e. The Morgan fingerprint density at radius 1 is 1.17 bits per heavy atom. The maximum absolute atomic E-state index is 13.8. The van der Waals surface area contributed by atoms with Gasteiger partial charge in [0, 0.05) is 22.9 Å². The van der Waals surface area contributed by atoms with Crippen molar-refractivity contribution in [2.45, 2.75) is 19.3 Å². The quantitative estimate of drug-likeness (QED) is 0.524. The van der Waals surface area contributed by atoms with Gasteiger partial charge in [-0.05, 0) is 42.8 Å². The van der Waals surface area contributed by atoms with Crippen molar-refractivity contribution in [1.29, 1.82) is 0 Å². The summed E-state index contributed by atoms with van der Waals surface area (Å²) in [6.45, 7) is 0. The fourth-order valence-corrected chi connectivity index (χ4v) is 2.99. The normalized spacial score (nSPS) is 10.6. The number of carbonyl (C=O) groups is 1. The number of hydrogen-bond acceptors (Lipinski definition) is 6.